The second-order valence-corrected chi connectivity index (χ2v) is 2.48. The number of H-pyrrole nitrogens is 1. The van der Waals surface area contributed by atoms with E-state index < -0.39 is 5.56 Å². The van der Waals surface area contributed by atoms with E-state index in [4.69, 9.17) is 16.8 Å². The van der Waals surface area contributed by atoms with Crippen LogP contribution in [0.15, 0.2) is 11.1 Å². The number of halogens is 1. The molecule has 0 fully saturated rings. The van der Waals surface area contributed by atoms with Gasteiger partial charge in [0.25, 0.3) is 5.56 Å². The van der Waals surface area contributed by atoms with E-state index in [1.807, 2.05) is 0 Å². The molecule has 2 heterocycles. The Labute approximate surface area is 70.4 Å². The molecule has 0 bridgehead atoms. The van der Waals surface area contributed by atoms with Crippen molar-refractivity contribution in [3.05, 3.63) is 22.0 Å². The van der Waals surface area contributed by atoms with Gasteiger partial charge in [-0.1, -0.05) is 0 Å². The van der Waals surface area contributed by atoms with Gasteiger partial charge in [-0.2, -0.15) is 9.71 Å². The van der Waals surface area contributed by atoms with Crippen molar-refractivity contribution in [1.82, 2.24) is 19.7 Å². The third kappa shape index (κ3) is 0.850. The predicted molar refractivity (Wildman–Crippen MR) is 40.3 cm³/mol. The van der Waals surface area contributed by atoms with E-state index in [-0.39, 0.29) is 16.4 Å². The van der Waals surface area contributed by atoms with Crippen LogP contribution in [-0.4, -0.2) is 24.9 Å². The van der Waals surface area contributed by atoms with Gasteiger partial charge in [0.15, 0.2) is 11.2 Å². The van der Waals surface area contributed by atoms with Gasteiger partial charge >= 0.3 is 0 Å². The number of aromatic amines is 1. The first kappa shape index (κ1) is 7.11. The van der Waals surface area contributed by atoms with E-state index in [1.165, 1.54) is 0 Å². The summed E-state index contributed by atoms with van der Waals surface area (Å²) in [5.74, 6) is 0. The number of aromatic nitrogens is 4. The molecule has 6 nitrogen and oxygen atoms in total. The average Bonchev–Trinajstić information content (AvgIpc) is 2.31. The summed E-state index contributed by atoms with van der Waals surface area (Å²) in [5, 5.41) is 8.98. The highest BCUT2D eigenvalue weighted by molar-refractivity contribution is 6.28. The van der Waals surface area contributed by atoms with Crippen LogP contribution in [0.4, 0.5) is 0 Å². The lowest BCUT2D eigenvalue weighted by atomic mass is 10.5. The summed E-state index contributed by atoms with van der Waals surface area (Å²) >= 11 is 5.44. The Kier molecular flexibility index (Phi) is 1.31. The Morgan fingerprint density at radius 2 is 2.42 bits per heavy atom. The Morgan fingerprint density at radius 3 is 3.17 bits per heavy atom. The Morgan fingerprint density at radius 1 is 1.67 bits per heavy atom. The zero-order valence-corrected chi connectivity index (χ0v) is 6.41. The standard InChI is InChI=1S/C5H3ClN4O2/c6-5-8-3-2(4(11)9-5)10(12)1-7-3/h1,12H,(H,8,9,11). The van der Waals surface area contributed by atoms with Gasteiger partial charge in [-0.25, -0.2) is 4.98 Å². The van der Waals surface area contributed by atoms with Crippen molar-refractivity contribution in [2.75, 3.05) is 0 Å². The maximum absolute atomic E-state index is 11.1. The minimum Gasteiger partial charge on any atom is -0.427 e. The van der Waals surface area contributed by atoms with Gasteiger partial charge < -0.3 is 5.21 Å². The van der Waals surface area contributed by atoms with Crippen molar-refractivity contribution < 1.29 is 5.21 Å². The maximum Gasteiger partial charge on any atom is 0.281 e. The first-order valence-electron chi connectivity index (χ1n) is 3.00. The summed E-state index contributed by atoms with van der Waals surface area (Å²) in [4.78, 5) is 20.6. The minimum atomic E-state index is -0.523. The molecule has 62 valence electrons. The monoisotopic (exact) mass is 186 g/mol. The van der Waals surface area contributed by atoms with E-state index >= 15 is 0 Å². The van der Waals surface area contributed by atoms with Gasteiger partial charge in [0.1, 0.15) is 6.33 Å². The number of rotatable bonds is 0. The van der Waals surface area contributed by atoms with Crippen molar-refractivity contribution >= 4 is 22.8 Å². The maximum atomic E-state index is 11.1. The zero-order chi connectivity index (χ0) is 8.72. The molecule has 0 atom stereocenters. The molecular weight excluding hydrogens is 184 g/mol. The van der Waals surface area contributed by atoms with Crippen LogP contribution in [0.1, 0.15) is 0 Å². The first-order chi connectivity index (χ1) is 5.68. The molecule has 2 rings (SSSR count). The number of imidazole rings is 1. The van der Waals surface area contributed by atoms with Gasteiger partial charge in [-0.3, -0.25) is 9.78 Å². The van der Waals surface area contributed by atoms with Gasteiger partial charge in [0.05, 0.1) is 0 Å². The van der Waals surface area contributed by atoms with Crippen molar-refractivity contribution in [3.63, 3.8) is 0 Å². The van der Waals surface area contributed by atoms with Crippen LogP contribution in [0.2, 0.25) is 5.28 Å². The normalized spacial score (nSPS) is 10.8. The molecule has 0 aliphatic rings. The average molecular weight is 187 g/mol. The van der Waals surface area contributed by atoms with Crippen molar-refractivity contribution in [1.29, 1.82) is 0 Å². The lowest BCUT2D eigenvalue weighted by molar-refractivity contribution is 0.197. The summed E-state index contributed by atoms with van der Waals surface area (Å²) < 4.78 is 0.595. The third-order valence-electron chi connectivity index (χ3n) is 1.37. The third-order valence-corrected chi connectivity index (χ3v) is 1.55. The highest BCUT2D eigenvalue weighted by Gasteiger charge is 2.07. The lowest BCUT2D eigenvalue weighted by Crippen LogP contribution is -2.10. The second kappa shape index (κ2) is 2.21. The molecule has 0 aliphatic carbocycles. The molecule has 0 aromatic carbocycles. The number of hydrogen-bond acceptors (Lipinski definition) is 4. The molecule has 2 aromatic heterocycles. The fraction of sp³-hybridized carbons (Fsp3) is 0. The van der Waals surface area contributed by atoms with E-state index in [9.17, 15) is 4.79 Å². The van der Waals surface area contributed by atoms with E-state index in [0.717, 1.165) is 6.33 Å². The van der Waals surface area contributed by atoms with Crippen molar-refractivity contribution in [3.8, 4) is 0 Å². The van der Waals surface area contributed by atoms with E-state index in [0.29, 0.717) is 4.73 Å². The van der Waals surface area contributed by atoms with E-state index in [2.05, 4.69) is 15.0 Å². The van der Waals surface area contributed by atoms with Crippen LogP contribution in [0, 0.1) is 0 Å². The summed E-state index contributed by atoms with van der Waals surface area (Å²) in [7, 11) is 0. The van der Waals surface area contributed by atoms with Crippen LogP contribution < -0.4 is 5.56 Å². The summed E-state index contributed by atoms with van der Waals surface area (Å²) in [5.41, 5.74) is -0.421. The molecule has 2 N–H and O–H groups in total. The smallest absolute Gasteiger partial charge is 0.281 e. The predicted octanol–water partition coefficient (Wildman–Crippen LogP) is 0.0103. The van der Waals surface area contributed by atoms with Crippen LogP contribution in [0.5, 0.6) is 0 Å². The fourth-order valence-corrected chi connectivity index (χ4v) is 1.06. The quantitative estimate of drug-likeness (QED) is 0.449. The zero-order valence-electron chi connectivity index (χ0n) is 5.65. The lowest BCUT2D eigenvalue weighted by Gasteiger charge is -1.90. The molecule has 0 spiro atoms. The summed E-state index contributed by atoms with van der Waals surface area (Å²) in [6.07, 6.45) is 1.07. The van der Waals surface area contributed by atoms with Gasteiger partial charge in [-0.15, -0.1) is 0 Å². The second-order valence-electron chi connectivity index (χ2n) is 2.12. The van der Waals surface area contributed by atoms with Gasteiger partial charge in [0.2, 0.25) is 5.28 Å². The minimum absolute atomic E-state index is 0.0144. The van der Waals surface area contributed by atoms with Crippen LogP contribution in [-0.2, 0) is 0 Å². The molecule has 2 aromatic rings. The topological polar surface area (TPSA) is 83.8 Å². The Balaban J connectivity index is 3.03. The van der Waals surface area contributed by atoms with Crippen LogP contribution >= 0.6 is 11.6 Å². The largest absolute Gasteiger partial charge is 0.427 e. The number of nitrogens with one attached hydrogen (secondary N) is 1. The highest BCUT2D eigenvalue weighted by Crippen LogP contribution is 2.04. The number of fused-ring (bicyclic) bond motifs is 1. The SMILES string of the molecule is O=c1[nH]c(Cl)nc2ncn(O)c12. The van der Waals surface area contributed by atoms with Gasteiger partial charge in [0, 0.05) is 0 Å². The molecule has 12 heavy (non-hydrogen) atoms. The van der Waals surface area contributed by atoms with Crippen molar-refractivity contribution in [2.24, 2.45) is 0 Å². The molecule has 0 saturated heterocycles. The number of hydrogen-bond donors (Lipinski definition) is 2. The van der Waals surface area contributed by atoms with Gasteiger partial charge in [-0.05, 0) is 11.6 Å². The van der Waals surface area contributed by atoms with Crippen molar-refractivity contribution in [2.45, 2.75) is 0 Å². The molecule has 0 saturated carbocycles. The molecule has 0 aliphatic heterocycles. The Bertz CT molecular complexity index is 488. The first-order valence-corrected chi connectivity index (χ1v) is 3.38. The summed E-state index contributed by atoms with van der Waals surface area (Å²) in [6, 6.07) is 0. The van der Waals surface area contributed by atoms with Crippen LogP contribution in [0.25, 0.3) is 11.2 Å². The molecular formula is C5H3ClN4O2. The fourth-order valence-electron chi connectivity index (χ4n) is 0.892. The Hall–Kier alpha value is -1.56. The molecule has 7 heteroatoms. The highest BCUT2D eigenvalue weighted by atomic mass is 35.5. The van der Waals surface area contributed by atoms with Crippen LogP contribution in [0.3, 0.4) is 0 Å². The summed E-state index contributed by atoms with van der Waals surface area (Å²) in [6.45, 7) is 0. The molecule has 0 amide bonds. The number of nitrogens with zero attached hydrogens (tertiary/aromatic N) is 3. The van der Waals surface area contributed by atoms with E-state index in [1.54, 1.807) is 0 Å². The molecule has 0 radical (unpaired) electrons. The molecule has 0 unspecified atom stereocenters.